The molecule has 8 heteroatoms. The molecule has 158 valence electrons. The van der Waals surface area contributed by atoms with Crippen LogP contribution in [0.5, 0.6) is 0 Å². The van der Waals surface area contributed by atoms with E-state index in [0.29, 0.717) is 12.1 Å². The van der Waals surface area contributed by atoms with Gasteiger partial charge in [-0.1, -0.05) is 50.2 Å². The summed E-state index contributed by atoms with van der Waals surface area (Å²) in [7, 11) is -0.268. The maximum Gasteiger partial charge on any atom is 0.321 e. The van der Waals surface area contributed by atoms with Gasteiger partial charge >= 0.3 is 6.03 Å². The van der Waals surface area contributed by atoms with E-state index in [9.17, 15) is 13.2 Å². The van der Waals surface area contributed by atoms with E-state index >= 15 is 0 Å². The second-order valence-electron chi connectivity index (χ2n) is 5.98. The third-order valence-corrected chi connectivity index (χ3v) is 5.61. The summed E-state index contributed by atoms with van der Waals surface area (Å²) in [6, 6.07) is 16.5. The molecule has 0 bridgehead atoms. The molecule has 29 heavy (non-hydrogen) atoms. The maximum atomic E-state index is 11.7. The Bertz CT molecular complexity index is 1090. The van der Waals surface area contributed by atoms with Gasteiger partial charge in [0.1, 0.15) is 4.90 Å². The Kier molecular flexibility index (Phi) is 7.69. The summed E-state index contributed by atoms with van der Waals surface area (Å²) < 4.78 is 25.6. The number of hydrogen-bond acceptors (Lipinski definition) is 4. The van der Waals surface area contributed by atoms with Crippen molar-refractivity contribution in [3.05, 3.63) is 66.4 Å². The SMILES string of the molecule is CC.CN1Cc2ccccc2NC1=O.CNS(=O)(=O)c1cccc2cccnc12.[HH].[HH]. The number of pyridine rings is 1. The number of fused-ring (bicyclic) bond motifs is 2. The second-order valence-corrected chi connectivity index (χ2v) is 7.84. The lowest BCUT2D eigenvalue weighted by molar-refractivity contribution is 0.218. The van der Waals surface area contributed by atoms with E-state index in [-0.39, 0.29) is 13.8 Å². The van der Waals surface area contributed by atoms with Crippen molar-refractivity contribution in [2.24, 2.45) is 0 Å². The minimum absolute atomic E-state index is 0. The van der Waals surface area contributed by atoms with Gasteiger partial charge in [-0.15, -0.1) is 0 Å². The Morgan fingerprint density at radius 2 is 1.76 bits per heavy atom. The number of aromatic nitrogens is 1. The van der Waals surface area contributed by atoms with Crippen LogP contribution in [-0.4, -0.2) is 38.4 Å². The molecule has 2 aromatic carbocycles. The van der Waals surface area contributed by atoms with Crippen molar-refractivity contribution in [1.82, 2.24) is 14.6 Å². The number of carbonyl (C=O) groups excluding carboxylic acids is 1. The number of sulfonamides is 1. The molecule has 4 rings (SSSR count). The number of nitrogens with one attached hydrogen (secondary N) is 2. The maximum absolute atomic E-state index is 11.7. The molecule has 0 fully saturated rings. The van der Waals surface area contributed by atoms with Gasteiger partial charge in [0.05, 0.1) is 5.52 Å². The van der Waals surface area contributed by atoms with Crippen LogP contribution in [0.1, 0.15) is 22.3 Å². The molecule has 0 atom stereocenters. The van der Waals surface area contributed by atoms with E-state index < -0.39 is 10.0 Å². The highest BCUT2D eigenvalue weighted by Crippen LogP contribution is 2.21. The highest BCUT2D eigenvalue weighted by Gasteiger charge is 2.17. The predicted molar refractivity (Wildman–Crippen MR) is 120 cm³/mol. The van der Waals surface area contributed by atoms with E-state index in [1.54, 1.807) is 36.3 Å². The van der Waals surface area contributed by atoms with Crippen LogP contribution in [0.4, 0.5) is 10.5 Å². The van der Waals surface area contributed by atoms with Crippen molar-refractivity contribution in [2.75, 3.05) is 19.4 Å². The number of benzene rings is 2. The van der Waals surface area contributed by atoms with Gasteiger partial charge in [-0.3, -0.25) is 4.98 Å². The molecule has 7 nitrogen and oxygen atoms in total. The summed E-state index contributed by atoms with van der Waals surface area (Å²) >= 11 is 0. The number of urea groups is 1. The Labute approximate surface area is 174 Å². The molecule has 0 saturated carbocycles. The van der Waals surface area contributed by atoms with Gasteiger partial charge < -0.3 is 10.2 Å². The number of amides is 2. The number of hydrogen-bond donors (Lipinski definition) is 2. The molecule has 0 spiro atoms. The molecular weight excluding hydrogens is 388 g/mol. The van der Waals surface area contributed by atoms with Crippen LogP contribution < -0.4 is 10.0 Å². The molecule has 1 aliphatic heterocycles. The van der Waals surface area contributed by atoms with Crippen LogP contribution in [0.2, 0.25) is 0 Å². The zero-order valence-electron chi connectivity index (χ0n) is 17.0. The molecule has 0 saturated heterocycles. The Hall–Kier alpha value is -2.97. The zero-order valence-corrected chi connectivity index (χ0v) is 17.8. The molecule has 0 radical (unpaired) electrons. The van der Waals surface area contributed by atoms with Gasteiger partial charge in [0.2, 0.25) is 10.0 Å². The largest absolute Gasteiger partial charge is 0.323 e. The topological polar surface area (TPSA) is 91.4 Å². The fourth-order valence-corrected chi connectivity index (χ4v) is 3.62. The summed E-state index contributed by atoms with van der Waals surface area (Å²) in [5.41, 5.74) is 2.59. The molecular formula is C21H30N4O3S. The van der Waals surface area contributed by atoms with Crippen molar-refractivity contribution >= 4 is 32.6 Å². The smallest absolute Gasteiger partial charge is 0.321 e. The fraction of sp³-hybridized carbons (Fsp3) is 0.238. The Morgan fingerprint density at radius 1 is 1.07 bits per heavy atom. The highest BCUT2D eigenvalue weighted by molar-refractivity contribution is 7.89. The predicted octanol–water partition coefficient (Wildman–Crippen LogP) is 4.33. The van der Waals surface area contributed by atoms with Gasteiger partial charge in [0, 0.05) is 33.7 Å². The van der Waals surface area contributed by atoms with Crippen molar-refractivity contribution in [2.45, 2.75) is 25.3 Å². The van der Waals surface area contributed by atoms with Crippen molar-refractivity contribution in [1.29, 1.82) is 0 Å². The van der Waals surface area contributed by atoms with Gasteiger partial charge in [-0.05, 0) is 30.8 Å². The Balaban J connectivity index is 0.000000516. The number of anilines is 1. The average molecular weight is 419 g/mol. The van der Waals surface area contributed by atoms with E-state index in [0.717, 1.165) is 11.1 Å². The average Bonchev–Trinajstić information content (AvgIpc) is 2.76. The van der Waals surface area contributed by atoms with Crippen LogP contribution in [0, 0.1) is 0 Å². The first-order valence-corrected chi connectivity index (χ1v) is 10.8. The quantitative estimate of drug-likeness (QED) is 0.648. The van der Waals surface area contributed by atoms with Crippen molar-refractivity contribution in [3.63, 3.8) is 0 Å². The lowest BCUT2D eigenvalue weighted by Gasteiger charge is -2.25. The molecule has 0 aliphatic carbocycles. The van der Waals surface area contributed by atoms with Gasteiger partial charge in [0.25, 0.3) is 0 Å². The van der Waals surface area contributed by atoms with Crippen LogP contribution in [0.3, 0.4) is 0 Å². The second kappa shape index (κ2) is 9.99. The van der Waals surface area contributed by atoms with Crippen LogP contribution in [0.15, 0.2) is 65.7 Å². The molecule has 1 aromatic heterocycles. The summed E-state index contributed by atoms with van der Waals surface area (Å²) in [6.45, 7) is 4.70. The lowest BCUT2D eigenvalue weighted by Crippen LogP contribution is -2.35. The van der Waals surface area contributed by atoms with E-state index in [2.05, 4.69) is 15.0 Å². The molecule has 0 unspecified atom stereocenters. The van der Waals surface area contributed by atoms with Gasteiger partial charge in [-0.25, -0.2) is 17.9 Å². The fourth-order valence-electron chi connectivity index (χ4n) is 2.72. The standard InChI is InChI=1S/C10H10N2O2S.C9H10N2O.C2H6.2H2/c1-11-15(13,14)9-6-2-4-8-5-3-7-12-10(8)9;1-11-6-7-4-2-3-5-8(7)10-9(11)12;1-2;;/h2-7,11H,1H3;2-5H,6H2,1H3,(H,10,12);1-2H3;2*1H. The summed E-state index contributed by atoms with van der Waals surface area (Å²) in [6.07, 6.45) is 1.58. The molecule has 2 amide bonds. The van der Waals surface area contributed by atoms with Gasteiger partial charge in [0.15, 0.2) is 0 Å². The zero-order chi connectivity index (χ0) is 21.4. The monoisotopic (exact) mass is 418 g/mol. The van der Waals surface area contributed by atoms with E-state index in [1.807, 2.05) is 50.2 Å². The lowest BCUT2D eigenvalue weighted by atomic mass is 10.1. The van der Waals surface area contributed by atoms with Crippen LogP contribution >= 0.6 is 0 Å². The summed E-state index contributed by atoms with van der Waals surface area (Å²) in [4.78, 5) is 17.1. The first-order chi connectivity index (χ1) is 13.9. The third-order valence-electron chi connectivity index (χ3n) is 4.17. The highest BCUT2D eigenvalue weighted by atomic mass is 32.2. The number of carbonyl (C=O) groups is 1. The summed E-state index contributed by atoms with van der Waals surface area (Å²) in [5, 5.41) is 3.61. The molecule has 3 aromatic rings. The van der Waals surface area contributed by atoms with Crippen LogP contribution in [0.25, 0.3) is 10.9 Å². The van der Waals surface area contributed by atoms with Gasteiger partial charge in [-0.2, -0.15) is 0 Å². The molecule has 2 N–H and O–H groups in total. The number of rotatable bonds is 2. The molecule has 1 aliphatic rings. The van der Waals surface area contributed by atoms with Crippen molar-refractivity contribution < 1.29 is 16.1 Å². The summed E-state index contributed by atoms with van der Waals surface area (Å²) in [5.74, 6) is 0. The Morgan fingerprint density at radius 3 is 2.48 bits per heavy atom. The first-order valence-electron chi connectivity index (χ1n) is 9.29. The third kappa shape index (κ3) is 5.30. The molecule has 2 heterocycles. The first kappa shape index (κ1) is 22.3. The van der Waals surface area contributed by atoms with Crippen LogP contribution in [-0.2, 0) is 16.6 Å². The normalized spacial score (nSPS) is 12.7. The van der Waals surface area contributed by atoms with E-state index in [1.165, 1.54) is 12.6 Å². The number of nitrogens with zero attached hydrogens (tertiary/aromatic N) is 2. The minimum Gasteiger partial charge on any atom is -0.323 e. The minimum atomic E-state index is -3.44. The van der Waals surface area contributed by atoms with Crippen molar-refractivity contribution in [3.8, 4) is 0 Å². The number of para-hydroxylation sites is 2. The van der Waals surface area contributed by atoms with E-state index in [4.69, 9.17) is 0 Å².